The van der Waals surface area contributed by atoms with Crippen LogP contribution in [0.15, 0.2) is 36.7 Å². The summed E-state index contributed by atoms with van der Waals surface area (Å²) in [6.07, 6.45) is 5.99. The molecule has 0 unspecified atom stereocenters. The van der Waals surface area contributed by atoms with Crippen LogP contribution >= 0.6 is 12.2 Å². The van der Waals surface area contributed by atoms with E-state index in [1.54, 1.807) is 18.3 Å². The molecular formula is C16H18N4OS. The molecule has 2 aromatic heterocycles. The zero-order valence-electron chi connectivity index (χ0n) is 12.2. The number of aromatic nitrogens is 2. The highest BCUT2D eigenvalue weighted by Gasteiger charge is 2.13. The van der Waals surface area contributed by atoms with Crippen LogP contribution in [-0.2, 0) is 6.54 Å². The third-order valence-electron chi connectivity index (χ3n) is 3.76. The number of amides is 1. The monoisotopic (exact) mass is 314 g/mol. The highest BCUT2D eigenvalue weighted by Crippen LogP contribution is 2.17. The fourth-order valence-corrected chi connectivity index (χ4v) is 2.76. The van der Waals surface area contributed by atoms with Gasteiger partial charge in [-0.2, -0.15) is 0 Å². The minimum absolute atomic E-state index is 0.175. The van der Waals surface area contributed by atoms with Gasteiger partial charge in [0.15, 0.2) is 0 Å². The molecule has 1 fully saturated rings. The van der Waals surface area contributed by atoms with Crippen LogP contribution in [0.1, 0.15) is 28.8 Å². The van der Waals surface area contributed by atoms with Gasteiger partial charge in [0, 0.05) is 32.0 Å². The first-order valence-corrected chi connectivity index (χ1v) is 7.80. The van der Waals surface area contributed by atoms with E-state index in [-0.39, 0.29) is 5.91 Å². The minimum Gasteiger partial charge on any atom is -0.357 e. The van der Waals surface area contributed by atoms with Crippen molar-refractivity contribution in [2.75, 3.05) is 18.0 Å². The van der Waals surface area contributed by atoms with Crippen molar-refractivity contribution in [2.24, 2.45) is 0 Å². The van der Waals surface area contributed by atoms with Crippen LogP contribution in [0.3, 0.4) is 0 Å². The molecule has 1 amide bonds. The van der Waals surface area contributed by atoms with Crippen molar-refractivity contribution in [1.82, 2.24) is 15.3 Å². The van der Waals surface area contributed by atoms with Crippen LogP contribution in [0.5, 0.6) is 0 Å². The number of anilines is 1. The maximum Gasteiger partial charge on any atom is 0.254 e. The largest absolute Gasteiger partial charge is 0.357 e. The Morgan fingerprint density at radius 1 is 1.32 bits per heavy atom. The first-order valence-electron chi connectivity index (χ1n) is 7.40. The van der Waals surface area contributed by atoms with E-state index < -0.39 is 0 Å². The number of nitrogens with one attached hydrogen (secondary N) is 2. The van der Waals surface area contributed by atoms with Crippen molar-refractivity contribution in [3.8, 4) is 0 Å². The molecule has 0 aliphatic carbocycles. The second kappa shape index (κ2) is 6.70. The molecule has 1 aliphatic heterocycles. The van der Waals surface area contributed by atoms with Gasteiger partial charge in [-0.05, 0) is 36.6 Å². The fraction of sp³-hybridized carbons (Fsp3) is 0.312. The van der Waals surface area contributed by atoms with Crippen molar-refractivity contribution in [3.63, 3.8) is 0 Å². The topological polar surface area (TPSA) is 61.0 Å². The van der Waals surface area contributed by atoms with Gasteiger partial charge in [0.05, 0.1) is 5.56 Å². The van der Waals surface area contributed by atoms with E-state index in [9.17, 15) is 4.79 Å². The van der Waals surface area contributed by atoms with E-state index in [2.05, 4.69) is 20.2 Å². The van der Waals surface area contributed by atoms with Crippen molar-refractivity contribution in [3.05, 3.63) is 52.4 Å². The Labute approximate surface area is 134 Å². The number of pyridine rings is 2. The number of carbonyl (C=O) groups is 1. The zero-order valence-corrected chi connectivity index (χ0v) is 13.0. The summed E-state index contributed by atoms with van der Waals surface area (Å²) in [5.74, 6) is 0.837. The molecule has 3 heterocycles. The van der Waals surface area contributed by atoms with Gasteiger partial charge >= 0.3 is 0 Å². The van der Waals surface area contributed by atoms with Gasteiger partial charge < -0.3 is 15.2 Å². The molecule has 0 saturated carbocycles. The fourth-order valence-electron chi connectivity index (χ4n) is 2.53. The van der Waals surface area contributed by atoms with Gasteiger partial charge in [-0.1, -0.05) is 18.3 Å². The molecule has 1 aliphatic rings. The quantitative estimate of drug-likeness (QED) is 0.852. The van der Waals surface area contributed by atoms with Crippen molar-refractivity contribution in [1.29, 1.82) is 0 Å². The van der Waals surface area contributed by atoms with Gasteiger partial charge in [0.25, 0.3) is 5.91 Å². The summed E-state index contributed by atoms with van der Waals surface area (Å²) in [6, 6.07) is 7.49. The Bertz CT molecular complexity index is 705. The Hall–Kier alpha value is -2.21. The molecule has 0 bridgehead atoms. The maximum atomic E-state index is 12.1. The number of hydrogen-bond donors (Lipinski definition) is 2. The summed E-state index contributed by atoms with van der Waals surface area (Å²) in [6.45, 7) is 2.60. The number of hydrogen-bond acceptors (Lipinski definition) is 4. The highest BCUT2D eigenvalue weighted by molar-refractivity contribution is 7.71. The van der Waals surface area contributed by atoms with E-state index in [1.807, 2.05) is 18.3 Å². The minimum atomic E-state index is -0.175. The number of aromatic amines is 1. The summed E-state index contributed by atoms with van der Waals surface area (Å²) >= 11 is 5.10. The molecule has 3 rings (SSSR count). The van der Waals surface area contributed by atoms with Gasteiger partial charge in [0.2, 0.25) is 0 Å². The van der Waals surface area contributed by atoms with E-state index in [4.69, 9.17) is 12.2 Å². The molecule has 2 aromatic rings. The van der Waals surface area contributed by atoms with Gasteiger partial charge in [-0.3, -0.25) is 4.79 Å². The number of H-pyrrole nitrogens is 1. The van der Waals surface area contributed by atoms with E-state index in [1.165, 1.54) is 12.8 Å². The Kier molecular flexibility index (Phi) is 4.48. The lowest BCUT2D eigenvalue weighted by molar-refractivity contribution is 0.0950. The van der Waals surface area contributed by atoms with Crippen LogP contribution in [0, 0.1) is 4.64 Å². The molecule has 2 N–H and O–H groups in total. The smallest absolute Gasteiger partial charge is 0.254 e. The Morgan fingerprint density at radius 2 is 2.14 bits per heavy atom. The summed E-state index contributed by atoms with van der Waals surface area (Å²) < 4.78 is 0.447. The van der Waals surface area contributed by atoms with E-state index in [0.717, 1.165) is 24.5 Å². The lowest BCUT2D eigenvalue weighted by atomic mass is 10.2. The van der Waals surface area contributed by atoms with Crippen LogP contribution in [0.4, 0.5) is 5.82 Å². The molecular weight excluding hydrogens is 296 g/mol. The summed E-state index contributed by atoms with van der Waals surface area (Å²) in [5.41, 5.74) is 1.46. The Balaban J connectivity index is 1.60. The molecule has 22 heavy (non-hydrogen) atoms. The Morgan fingerprint density at radius 3 is 2.82 bits per heavy atom. The molecule has 1 saturated heterocycles. The molecule has 6 heteroatoms. The molecule has 0 atom stereocenters. The van der Waals surface area contributed by atoms with E-state index >= 15 is 0 Å². The average Bonchev–Trinajstić information content (AvgIpc) is 3.08. The maximum absolute atomic E-state index is 12.1. The molecule has 114 valence electrons. The van der Waals surface area contributed by atoms with Crippen molar-refractivity contribution >= 4 is 23.9 Å². The van der Waals surface area contributed by atoms with Crippen molar-refractivity contribution < 1.29 is 4.79 Å². The second-order valence-corrected chi connectivity index (χ2v) is 5.72. The lowest BCUT2D eigenvalue weighted by Gasteiger charge is -2.16. The van der Waals surface area contributed by atoms with Gasteiger partial charge in [0.1, 0.15) is 10.5 Å². The number of rotatable bonds is 4. The summed E-state index contributed by atoms with van der Waals surface area (Å²) in [7, 11) is 0. The average molecular weight is 314 g/mol. The van der Waals surface area contributed by atoms with Crippen LogP contribution in [0.2, 0.25) is 0 Å². The van der Waals surface area contributed by atoms with Gasteiger partial charge in [-0.15, -0.1) is 0 Å². The van der Waals surface area contributed by atoms with Gasteiger partial charge in [-0.25, -0.2) is 4.98 Å². The predicted octanol–water partition coefficient (Wildman–Crippen LogP) is 2.67. The highest BCUT2D eigenvalue weighted by atomic mass is 32.1. The summed E-state index contributed by atoms with van der Waals surface area (Å²) in [5, 5.41) is 2.87. The van der Waals surface area contributed by atoms with Crippen molar-refractivity contribution in [2.45, 2.75) is 19.4 Å². The number of nitrogens with zero attached hydrogens (tertiary/aromatic N) is 2. The lowest BCUT2D eigenvalue weighted by Crippen LogP contribution is -2.23. The standard InChI is InChI=1S/C16H18N4OS/c21-15(13-4-3-7-17-16(13)22)19-11-12-5-6-14(18-10-12)20-8-1-2-9-20/h3-7,10H,1-2,8-9,11H2,(H,17,22)(H,19,21). The van der Waals surface area contributed by atoms with E-state index in [0.29, 0.717) is 16.7 Å². The van der Waals surface area contributed by atoms with Crippen LogP contribution in [0.25, 0.3) is 0 Å². The third-order valence-corrected chi connectivity index (χ3v) is 4.09. The van der Waals surface area contributed by atoms with Crippen LogP contribution in [-0.4, -0.2) is 29.0 Å². The molecule has 0 spiro atoms. The molecule has 5 nitrogen and oxygen atoms in total. The zero-order chi connectivity index (χ0) is 15.4. The normalized spacial score (nSPS) is 14.1. The molecule has 0 aromatic carbocycles. The third kappa shape index (κ3) is 3.33. The predicted molar refractivity (Wildman–Crippen MR) is 88.5 cm³/mol. The second-order valence-electron chi connectivity index (χ2n) is 5.31. The first kappa shape index (κ1) is 14.7. The summed E-state index contributed by atoms with van der Waals surface area (Å²) in [4.78, 5) is 21.7. The number of carbonyl (C=O) groups excluding carboxylic acids is 1. The first-order chi connectivity index (χ1) is 10.7. The van der Waals surface area contributed by atoms with Crippen LogP contribution < -0.4 is 10.2 Å². The molecule has 0 radical (unpaired) electrons. The SMILES string of the molecule is O=C(NCc1ccc(N2CCCC2)nc1)c1ccc[nH]c1=S.